The molecular weight excluding hydrogens is 258 g/mol. The van der Waals surface area contributed by atoms with Crippen LogP contribution in [-0.2, 0) is 4.79 Å². The van der Waals surface area contributed by atoms with Gasteiger partial charge < -0.3 is 4.90 Å². The molecule has 2 aromatic carbocycles. The van der Waals surface area contributed by atoms with Crippen LogP contribution >= 0.6 is 11.6 Å². The van der Waals surface area contributed by atoms with Crippen molar-refractivity contribution in [3.05, 3.63) is 71.3 Å². The van der Waals surface area contributed by atoms with Crippen LogP contribution < -0.4 is 4.90 Å². The highest BCUT2D eigenvalue weighted by Gasteiger charge is 2.09. The molecule has 19 heavy (non-hydrogen) atoms. The molecule has 0 heterocycles. The molecule has 2 nitrogen and oxygen atoms in total. The Morgan fingerprint density at radius 1 is 1.11 bits per heavy atom. The molecule has 2 rings (SSSR count). The molecule has 0 unspecified atom stereocenters. The summed E-state index contributed by atoms with van der Waals surface area (Å²) in [5, 5.41) is 0.669. The molecule has 0 aliphatic carbocycles. The van der Waals surface area contributed by atoms with E-state index in [-0.39, 0.29) is 0 Å². The second-order valence-electron chi connectivity index (χ2n) is 4.09. The lowest BCUT2D eigenvalue weighted by Crippen LogP contribution is -2.15. The third-order valence-electron chi connectivity index (χ3n) is 2.85. The number of hydrogen-bond donors (Lipinski definition) is 0. The minimum Gasteiger partial charge on any atom is -0.344 e. The number of nitrogens with zero attached hydrogens (tertiary/aromatic N) is 1. The van der Waals surface area contributed by atoms with Gasteiger partial charge >= 0.3 is 0 Å². The molecule has 0 aliphatic rings. The van der Waals surface area contributed by atoms with Crippen LogP contribution in [-0.4, -0.2) is 13.3 Å². The Balaban J connectivity index is 2.41. The molecule has 0 spiro atoms. The zero-order valence-electron chi connectivity index (χ0n) is 10.6. The van der Waals surface area contributed by atoms with Gasteiger partial charge in [0.15, 0.2) is 0 Å². The Kier molecular flexibility index (Phi) is 4.37. The Bertz CT molecular complexity index is 593. The first-order valence-corrected chi connectivity index (χ1v) is 6.30. The normalized spacial score (nSPS) is 11.2. The van der Waals surface area contributed by atoms with Gasteiger partial charge in [-0.15, -0.1) is 0 Å². The maximum Gasteiger partial charge on any atom is 0.144 e. The van der Waals surface area contributed by atoms with Crippen LogP contribution in [0.2, 0.25) is 5.02 Å². The summed E-state index contributed by atoms with van der Waals surface area (Å²) in [6, 6.07) is 17.3. The lowest BCUT2D eigenvalue weighted by Gasteiger charge is -2.23. The van der Waals surface area contributed by atoms with Gasteiger partial charge in [0.25, 0.3) is 0 Å². The lowest BCUT2D eigenvalue weighted by molar-refractivity contribution is -0.104. The lowest BCUT2D eigenvalue weighted by atomic mass is 10.1. The van der Waals surface area contributed by atoms with E-state index in [1.165, 1.54) is 0 Å². The topological polar surface area (TPSA) is 20.3 Å². The molecule has 0 saturated carbocycles. The Morgan fingerprint density at radius 2 is 1.84 bits per heavy atom. The molecule has 96 valence electrons. The highest BCUT2D eigenvalue weighted by atomic mass is 35.5. The predicted molar refractivity (Wildman–Crippen MR) is 80.3 cm³/mol. The number of benzene rings is 2. The second-order valence-corrected chi connectivity index (χ2v) is 4.53. The van der Waals surface area contributed by atoms with E-state index in [0.717, 1.165) is 23.2 Å². The zero-order chi connectivity index (χ0) is 13.7. The van der Waals surface area contributed by atoms with Crippen molar-refractivity contribution >= 4 is 29.3 Å². The van der Waals surface area contributed by atoms with E-state index in [1.807, 2.05) is 66.5 Å². The number of halogens is 1. The molecule has 0 radical (unpaired) electrons. The summed E-state index contributed by atoms with van der Waals surface area (Å²) in [6.45, 7) is 0. The SMILES string of the molecule is CN(/C(=C/C=O)c1ccccc1)c1cccc(Cl)c1. The monoisotopic (exact) mass is 271 g/mol. The number of aldehydes is 1. The van der Waals surface area contributed by atoms with E-state index >= 15 is 0 Å². The molecule has 3 heteroatoms. The van der Waals surface area contributed by atoms with Crippen LogP contribution in [0.1, 0.15) is 5.56 Å². The van der Waals surface area contributed by atoms with Crippen molar-refractivity contribution in [2.75, 3.05) is 11.9 Å². The van der Waals surface area contributed by atoms with Gasteiger partial charge in [0.1, 0.15) is 6.29 Å². The first-order chi connectivity index (χ1) is 9.22. The number of rotatable bonds is 4. The summed E-state index contributed by atoms with van der Waals surface area (Å²) in [5.41, 5.74) is 2.75. The largest absolute Gasteiger partial charge is 0.344 e. The van der Waals surface area contributed by atoms with E-state index < -0.39 is 0 Å². The average Bonchev–Trinajstić information content (AvgIpc) is 2.45. The summed E-state index contributed by atoms with van der Waals surface area (Å²) in [5.74, 6) is 0. The van der Waals surface area contributed by atoms with Crippen molar-refractivity contribution in [3.63, 3.8) is 0 Å². The molecule has 0 N–H and O–H groups in total. The van der Waals surface area contributed by atoms with Crippen molar-refractivity contribution in [3.8, 4) is 0 Å². The quantitative estimate of drug-likeness (QED) is 0.618. The summed E-state index contributed by atoms with van der Waals surface area (Å²) < 4.78 is 0. The van der Waals surface area contributed by atoms with Crippen molar-refractivity contribution < 1.29 is 4.79 Å². The molecule has 0 saturated heterocycles. The van der Waals surface area contributed by atoms with Crippen LogP contribution in [0.25, 0.3) is 5.70 Å². The van der Waals surface area contributed by atoms with Crippen molar-refractivity contribution in [1.82, 2.24) is 0 Å². The highest BCUT2D eigenvalue weighted by molar-refractivity contribution is 6.30. The minimum absolute atomic E-state index is 0.669. The zero-order valence-corrected chi connectivity index (χ0v) is 11.3. The maximum absolute atomic E-state index is 10.9. The van der Waals surface area contributed by atoms with Gasteiger partial charge in [-0.2, -0.15) is 0 Å². The third kappa shape index (κ3) is 3.24. The molecule has 0 aromatic heterocycles. The van der Waals surface area contributed by atoms with Gasteiger partial charge in [-0.1, -0.05) is 48.0 Å². The number of carbonyl (C=O) groups excluding carboxylic acids is 1. The third-order valence-corrected chi connectivity index (χ3v) is 3.09. The van der Waals surface area contributed by atoms with Crippen LogP contribution in [0, 0.1) is 0 Å². The van der Waals surface area contributed by atoms with E-state index in [0.29, 0.717) is 5.02 Å². The summed E-state index contributed by atoms with van der Waals surface area (Å²) in [6.07, 6.45) is 2.35. The summed E-state index contributed by atoms with van der Waals surface area (Å²) >= 11 is 6.00. The van der Waals surface area contributed by atoms with Gasteiger partial charge in [0.05, 0.1) is 5.70 Å². The number of carbonyl (C=O) groups is 1. The first-order valence-electron chi connectivity index (χ1n) is 5.92. The van der Waals surface area contributed by atoms with E-state index in [4.69, 9.17) is 11.6 Å². The van der Waals surface area contributed by atoms with Gasteiger partial charge in [-0.05, 0) is 23.8 Å². The number of allylic oxidation sites excluding steroid dienone is 1. The van der Waals surface area contributed by atoms with Crippen molar-refractivity contribution in [2.45, 2.75) is 0 Å². The molecule has 0 atom stereocenters. The fourth-order valence-electron chi connectivity index (χ4n) is 1.90. The molecule has 0 amide bonds. The van der Waals surface area contributed by atoms with E-state index in [9.17, 15) is 4.79 Å². The average molecular weight is 272 g/mol. The van der Waals surface area contributed by atoms with Crippen LogP contribution in [0.3, 0.4) is 0 Å². The van der Waals surface area contributed by atoms with E-state index in [1.54, 1.807) is 6.08 Å². The Hall–Kier alpha value is -2.06. The van der Waals surface area contributed by atoms with Crippen molar-refractivity contribution in [2.24, 2.45) is 0 Å². The fraction of sp³-hybridized carbons (Fsp3) is 0.0625. The van der Waals surface area contributed by atoms with Crippen LogP contribution in [0.15, 0.2) is 60.7 Å². The van der Waals surface area contributed by atoms with Crippen molar-refractivity contribution in [1.29, 1.82) is 0 Å². The van der Waals surface area contributed by atoms with Crippen LogP contribution in [0.5, 0.6) is 0 Å². The predicted octanol–water partition coefficient (Wildman–Crippen LogP) is 4.02. The molecule has 0 bridgehead atoms. The molecular formula is C16H14ClNO. The number of hydrogen-bond acceptors (Lipinski definition) is 2. The van der Waals surface area contributed by atoms with Gasteiger partial charge in [0, 0.05) is 23.8 Å². The molecule has 2 aromatic rings. The molecule has 0 fully saturated rings. The fourth-order valence-corrected chi connectivity index (χ4v) is 2.08. The minimum atomic E-state index is 0.669. The Morgan fingerprint density at radius 3 is 2.47 bits per heavy atom. The molecule has 0 aliphatic heterocycles. The highest BCUT2D eigenvalue weighted by Crippen LogP contribution is 2.26. The Labute approximate surface area is 117 Å². The van der Waals surface area contributed by atoms with Crippen LogP contribution in [0.4, 0.5) is 5.69 Å². The summed E-state index contributed by atoms with van der Waals surface area (Å²) in [7, 11) is 1.91. The number of anilines is 1. The smallest absolute Gasteiger partial charge is 0.144 e. The van der Waals surface area contributed by atoms with E-state index in [2.05, 4.69) is 0 Å². The van der Waals surface area contributed by atoms with Gasteiger partial charge in [-0.3, -0.25) is 4.79 Å². The second kappa shape index (κ2) is 6.21. The van der Waals surface area contributed by atoms with Gasteiger partial charge in [-0.25, -0.2) is 0 Å². The standard InChI is InChI=1S/C16H14ClNO/c1-18(15-9-5-8-14(17)12-15)16(10-11-19)13-6-3-2-4-7-13/h2-12H,1H3/b16-10+. The maximum atomic E-state index is 10.9. The summed E-state index contributed by atoms with van der Waals surface area (Å²) in [4.78, 5) is 12.8. The van der Waals surface area contributed by atoms with Gasteiger partial charge in [0.2, 0.25) is 0 Å². The first kappa shape index (κ1) is 13.4.